The van der Waals surface area contributed by atoms with Crippen molar-refractivity contribution in [3.05, 3.63) is 27.9 Å². The van der Waals surface area contributed by atoms with E-state index in [0.29, 0.717) is 28.1 Å². The molecule has 126 valence electrons. The number of hydrogen-bond acceptors (Lipinski definition) is 4. The lowest BCUT2D eigenvalue weighted by molar-refractivity contribution is -0.134. The standard InChI is InChI=1S/C16H20BrNO5/c1-4-5-6-23-15-12(17)7-11(9-14(15)22-3)8-13(16(20)21)18-10(2)19/h7-9H,4-6H2,1-3H3,(H,18,19)(H,20,21). The number of hydrogen-bond donors (Lipinski definition) is 2. The van der Waals surface area contributed by atoms with Gasteiger partial charge >= 0.3 is 5.97 Å². The molecule has 0 radical (unpaired) electrons. The molecule has 1 amide bonds. The first-order valence-corrected chi connectivity index (χ1v) is 7.91. The molecule has 23 heavy (non-hydrogen) atoms. The van der Waals surface area contributed by atoms with Gasteiger partial charge in [-0.05, 0) is 46.1 Å². The van der Waals surface area contributed by atoms with Gasteiger partial charge in [0.1, 0.15) is 5.70 Å². The van der Waals surface area contributed by atoms with E-state index in [0.717, 1.165) is 12.8 Å². The highest BCUT2D eigenvalue weighted by Crippen LogP contribution is 2.37. The minimum atomic E-state index is -1.22. The number of carbonyl (C=O) groups excluding carboxylic acids is 1. The van der Waals surface area contributed by atoms with E-state index in [1.807, 2.05) is 0 Å². The van der Waals surface area contributed by atoms with Crippen LogP contribution in [0.1, 0.15) is 32.3 Å². The molecule has 1 aromatic rings. The average molecular weight is 386 g/mol. The van der Waals surface area contributed by atoms with Gasteiger partial charge in [0.15, 0.2) is 11.5 Å². The molecule has 7 heteroatoms. The Bertz CT molecular complexity index is 613. The minimum absolute atomic E-state index is 0.217. The van der Waals surface area contributed by atoms with Gasteiger partial charge in [0.2, 0.25) is 5.91 Å². The Morgan fingerprint density at radius 2 is 2.09 bits per heavy atom. The van der Waals surface area contributed by atoms with Gasteiger partial charge in [-0.3, -0.25) is 4.79 Å². The fraction of sp³-hybridized carbons (Fsp3) is 0.375. The zero-order chi connectivity index (χ0) is 17.4. The van der Waals surface area contributed by atoms with E-state index in [-0.39, 0.29) is 5.70 Å². The van der Waals surface area contributed by atoms with E-state index in [2.05, 4.69) is 28.2 Å². The molecule has 0 saturated heterocycles. The molecule has 0 aromatic heterocycles. The van der Waals surface area contributed by atoms with E-state index in [1.165, 1.54) is 20.1 Å². The largest absolute Gasteiger partial charge is 0.493 e. The molecule has 2 N–H and O–H groups in total. The summed E-state index contributed by atoms with van der Waals surface area (Å²) in [5.41, 5.74) is 0.342. The van der Waals surface area contributed by atoms with Crippen LogP contribution in [0.3, 0.4) is 0 Å². The zero-order valence-electron chi connectivity index (χ0n) is 13.3. The van der Waals surface area contributed by atoms with Crippen molar-refractivity contribution in [3.8, 4) is 11.5 Å². The van der Waals surface area contributed by atoms with E-state index in [4.69, 9.17) is 14.6 Å². The van der Waals surface area contributed by atoms with Crippen molar-refractivity contribution in [2.24, 2.45) is 0 Å². The van der Waals surface area contributed by atoms with Gasteiger partial charge < -0.3 is 19.9 Å². The molecule has 0 bridgehead atoms. The minimum Gasteiger partial charge on any atom is -0.493 e. The van der Waals surface area contributed by atoms with E-state index in [9.17, 15) is 9.59 Å². The van der Waals surface area contributed by atoms with Crippen LogP contribution in [0.25, 0.3) is 6.08 Å². The third kappa shape index (κ3) is 5.94. The van der Waals surface area contributed by atoms with Crippen molar-refractivity contribution in [1.29, 1.82) is 0 Å². The molecule has 0 spiro atoms. The summed E-state index contributed by atoms with van der Waals surface area (Å²) >= 11 is 3.40. The number of carboxylic acid groups (broad SMARTS) is 1. The lowest BCUT2D eigenvalue weighted by Crippen LogP contribution is -2.24. The maximum atomic E-state index is 11.2. The van der Waals surface area contributed by atoms with Gasteiger partial charge in [-0.15, -0.1) is 0 Å². The number of ether oxygens (including phenoxy) is 2. The van der Waals surface area contributed by atoms with Crippen LogP contribution in [0.2, 0.25) is 0 Å². The van der Waals surface area contributed by atoms with Crippen LogP contribution in [-0.2, 0) is 9.59 Å². The molecule has 0 heterocycles. The molecule has 0 saturated carbocycles. The molecule has 0 unspecified atom stereocenters. The monoisotopic (exact) mass is 385 g/mol. The van der Waals surface area contributed by atoms with Crippen molar-refractivity contribution in [1.82, 2.24) is 5.32 Å². The molecule has 0 aliphatic heterocycles. The molecular weight excluding hydrogens is 366 g/mol. The van der Waals surface area contributed by atoms with E-state index in [1.54, 1.807) is 12.1 Å². The van der Waals surface area contributed by atoms with Crippen LogP contribution in [-0.4, -0.2) is 30.7 Å². The predicted octanol–water partition coefficient (Wildman–Crippen LogP) is 3.20. The number of aliphatic carboxylic acids is 1. The highest BCUT2D eigenvalue weighted by atomic mass is 79.9. The third-order valence-corrected chi connectivity index (χ3v) is 3.44. The number of benzene rings is 1. The summed E-state index contributed by atoms with van der Waals surface area (Å²) in [5, 5.41) is 11.4. The Morgan fingerprint density at radius 3 is 2.61 bits per heavy atom. The van der Waals surface area contributed by atoms with Gasteiger partial charge in [0.05, 0.1) is 18.2 Å². The van der Waals surface area contributed by atoms with Gasteiger partial charge in [-0.2, -0.15) is 0 Å². The first kappa shape index (κ1) is 19.0. The van der Waals surface area contributed by atoms with Gasteiger partial charge in [-0.25, -0.2) is 4.79 Å². The number of rotatable bonds is 8. The Labute approximate surface area is 143 Å². The lowest BCUT2D eigenvalue weighted by Gasteiger charge is -2.13. The number of methoxy groups -OCH3 is 1. The number of halogens is 1. The first-order valence-electron chi connectivity index (χ1n) is 7.12. The summed E-state index contributed by atoms with van der Waals surface area (Å²) in [6, 6.07) is 3.35. The van der Waals surface area contributed by atoms with Crippen LogP contribution in [0, 0.1) is 0 Å². The first-order chi connectivity index (χ1) is 10.9. The highest BCUT2D eigenvalue weighted by molar-refractivity contribution is 9.10. The van der Waals surface area contributed by atoms with Crippen molar-refractivity contribution in [2.45, 2.75) is 26.7 Å². The number of carbonyl (C=O) groups is 2. The van der Waals surface area contributed by atoms with Gasteiger partial charge in [-0.1, -0.05) is 13.3 Å². The van der Waals surface area contributed by atoms with Crippen LogP contribution in [0.15, 0.2) is 22.3 Å². The normalized spacial score (nSPS) is 11.0. The molecule has 1 rings (SSSR count). The second kappa shape index (κ2) is 9.19. The predicted molar refractivity (Wildman–Crippen MR) is 90.5 cm³/mol. The molecular formula is C16H20BrNO5. The summed E-state index contributed by atoms with van der Waals surface area (Å²) in [6.45, 7) is 3.88. The summed E-state index contributed by atoms with van der Waals surface area (Å²) in [7, 11) is 1.51. The number of amides is 1. The molecule has 1 aromatic carbocycles. The number of carboxylic acids is 1. The average Bonchev–Trinajstić information content (AvgIpc) is 2.47. The summed E-state index contributed by atoms with van der Waals surface area (Å²) in [5.74, 6) is -0.633. The Balaban J connectivity index is 3.16. The van der Waals surface area contributed by atoms with E-state index >= 15 is 0 Å². The molecule has 0 aliphatic rings. The topological polar surface area (TPSA) is 84.9 Å². The van der Waals surface area contributed by atoms with Crippen molar-refractivity contribution >= 4 is 33.9 Å². The second-order valence-electron chi connectivity index (χ2n) is 4.78. The number of unbranched alkanes of at least 4 members (excludes halogenated alkanes) is 1. The SMILES string of the molecule is CCCCOc1c(Br)cc(C=C(NC(C)=O)C(=O)O)cc1OC. The van der Waals surface area contributed by atoms with Gasteiger partial charge in [0, 0.05) is 6.92 Å². The van der Waals surface area contributed by atoms with Crippen molar-refractivity contribution in [3.63, 3.8) is 0 Å². The summed E-state index contributed by atoms with van der Waals surface area (Å²) in [6.07, 6.45) is 3.29. The lowest BCUT2D eigenvalue weighted by atomic mass is 10.1. The summed E-state index contributed by atoms with van der Waals surface area (Å²) in [4.78, 5) is 22.2. The smallest absolute Gasteiger partial charge is 0.352 e. The Kier molecular flexibility index (Phi) is 7.61. The maximum absolute atomic E-state index is 11.2. The number of nitrogens with one attached hydrogen (secondary N) is 1. The van der Waals surface area contributed by atoms with Crippen LogP contribution in [0.4, 0.5) is 0 Å². The molecule has 0 aliphatic carbocycles. The van der Waals surface area contributed by atoms with Crippen LogP contribution in [0.5, 0.6) is 11.5 Å². The summed E-state index contributed by atoms with van der Waals surface area (Å²) < 4.78 is 11.6. The van der Waals surface area contributed by atoms with E-state index < -0.39 is 11.9 Å². The quantitative estimate of drug-likeness (QED) is 0.530. The van der Waals surface area contributed by atoms with Crippen LogP contribution < -0.4 is 14.8 Å². The maximum Gasteiger partial charge on any atom is 0.352 e. The van der Waals surface area contributed by atoms with Gasteiger partial charge in [0.25, 0.3) is 0 Å². The Morgan fingerprint density at radius 1 is 1.39 bits per heavy atom. The molecule has 0 atom stereocenters. The highest BCUT2D eigenvalue weighted by Gasteiger charge is 2.14. The Hall–Kier alpha value is -2.02. The van der Waals surface area contributed by atoms with Crippen LogP contribution >= 0.6 is 15.9 Å². The molecule has 6 nitrogen and oxygen atoms in total. The fourth-order valence-corrected chi connectivity index (χ4v) is 2.36. The third-order valence-electron chi connectivity index (χ3n) is 2.85. The van der Waals surface area contributed by atoms with Crippen molar-refractivity contribution in [2.75, 3.05) is 13.7 Å². The van der Waals surface area contributed by atoms with Crippen molar-refractivity contribution < 1.29 is 24.2 Å². The second-order valence-corrected chi connectivity index (χ2v) is 5.63. The zero-order valence-corrected chi connectivity index (χ0v) is 14.9. The fourth-order valence-electron chi connectivity index (χ4n) is 1.79. The molecule has 0 fully saturated rings.